The van der Waals surface area contributed by atoms with Crippen molar-refractivity contribution >= 4 is 29.4 Å². The number of anilines is 1. The first-order valence-corrected chi connectivity index (χ1v) is 10.2. The Hall–Kier alpha value is -2.02. The first-order chi connectivity index (χ1) is 13.6. The number of likely N-dealkylation sites (tertiary alicyclic amines) is 1. The molecule has 1 aromatic carbocycles. The van der Waals surface area contributed by atoms with Crippen molar-refractivity contribution in [2.45, 2.75) is 58.6 Å². The van der Waals surface area contributed by atoms with Crippen LogP contribution in [0, 0.1) is 11.7 Å². The molecular formula is C21H30ClFN2O4. The van der Waals surface area contributed by atoms with Crippen LogP contribution in [-0.2, 0) is 9.47 Å². The molecule has 1 fully saturated rings. The zero-order valence-corrected chi connectivity index (χ0v) is 18.4. The number of piperidine rings is 1. The predicted octanol–water partition coefficient (Wildman–Crippen LogP) is 5.10. The monoisotopic (exact) mass is 428 g/mol. The number of hydrogen-bond donors (Lipinski definition) is 1. The Labute approximate surface area is 176 Å². The fourth-order valence-corrected chi connectivity index (χ4v) is 3.66. The normalized spacial score (nSPS) is 16.3. The van der Waals surface area contributed by atoms with Crippen LogP contribution in [0.2, 0.25) is 5.02 Å². The van der Waals surface area contributed by atoms with Crippen molar-refractivity contribution in [2.24, 2.45) is 5.92 Å². The van der Waals surface area contributed by atoms with E-state index in [1.54, 1.807) is 4.90 Å². The number of benzene rings is 1. The predicted molar refractivity (Wildman–Crippen MR) is 111 cm³/mol. The molecule has 1 atom stereocenters. The van der Waals surface area contributed by atoms with Crippen molar-refractivity contribution in [1.29, 1.82) is 0 Å². The minimum atomic E-state index is -0.674. The van der Waals surface area contributed by atoms with E-state index in [2.05, 4.69) is 10.1 Å². The topological polar surface area (TPSA) is 67.9 Å². The van der Waals surface area contributed by atoms with E-state index >= 15 is 0 Å². The Kier molecular flexibility index (Phi) is 7.74. The van der Waals surface area contributed by atoms with E-state index in [4.69, 9.17) is 16.3 Å². The number of carbonyl (C=O) groups excluding carboxylic acids is 2. The highest BCUT2D eigenvalue weighted by Crippen LogP contribution is 2.31. The summed E-state index contributed by atoms with van der Waals surface area (Å²) in [6, 6.07) is 2.61. The van der Waals surface area contributed by atoms with Crippen LogP contribution in [0.3, 0.4) is 0 Å². The number of ether oxygens (including phenoxy) is 2. The van der Waals surface area contributed by atoms with Crippen molar-refractivity contribution in [2.75, 3.05) is 25.5 Å². The number of esters is 1. The zero-order chi connectivity index (χ0) is 21.8. The summed E-state index contributed by atoms with van der Waals surface area (Å²) in [6.45, 7) is 8.77. The van der Waals surface area contributed by atoms with Crippen LogP contribution in [0.5, 0.6) is 0 Å². The van der Waals surface area contributed by atoms with Crippen molar-refractivity contribution in [1.82, 2.24) is 4.90 Å². The third-order valence-corrected chi connectivity index (χ3v) is 5.37. The summed E-state index contributed by atoms with van der Waals surface area (Å²) in [7, 11) is 1.25. The van der Waals surface area contributed by atoms with Gasteiger partial charge >= 0.3 is 12.1 Å². The summed E-state index contributed by atoms with van der Waals surface area (Å²) in [5, 5.41) is 3.24. The lowest BCUT2D eigenvalue weighted by Gasteiger charge is -2.37. The molecular weight excluding hydrogens is 399 g/mol. The average Bonchev–Trinajstić information content (AvgIpc) is 2.67. The Bertz CT molecular complexity index is 743. The highest BCUT2D eigenvalue weighted by atomic mass is 35.5. The maximum atomic E-state index is 14.2. The van der Waals surface area contributed by atoms with Crippen LogP contribution in [-0.4, -0.2) is 48.8 Å². The molecule has 1 aromatic rings. The number of hydrogen-bond acceptors (Lipinski definition) is 5. The number of halogens is 2. The summed E-state index contributed by atoms with van der Waals surface area (Å²) >= 11 is 6.12. The second-order valence-electron chi connectivity index (χ2n) is 8.28. The summed E-state index contributed by atoms with van der Waals surface area (Å²) in [6.07, 6.45) is 2.08. The van der Waals surface area contributed by atoms with Crippen molar-refractivity contribution in [3.8, 4) is 0 Å². The van der Waals surface area contributed by atoms with Gasteiger partial charge in [0.05, 0.1) is 23.4 Å². The third-order valence-electron chi connectivity index (χ3n) is 4.99. The van der Waals surface area contributed by atoms with Crippen molar-refractivity contribution in [3.05, 3.63) is 28.5 Å². The summed E-state index contributed by atoms with van der Waals surface area (Å²) in [5.74, 6) is -1.02. The quantitative estimate of drug-likeness (QED) is 0.660. The Morgan fingerprint density at radius 2 is 1.93 bits per heavy atom. The zero-order valence-electron chi connectivity index (χ0n) is 17.7. The SMILES string of the molecule is CC[C@H](Nc1cc(C(=O)OC)cc(F)c1Cl)C1CCN(C(=O)OC(C)(C)C)CC1. The number of rotatable bonds is 5. The lowest BCUT2D eigenvalue weighted by atomic mass is 9.88. The summed E-state index contributed by atoms with van der Waals surface area (Å²) in [5.41, 5.74) is -0.0487. The molecule has 29 heavy (non-hydrogen) atoms. The van der Waals surface area contributed by atoms with E-state index in [0.29, 0.717) is 18.8 Å². The lowest BCUT2D eigenvalue weighted by molar-refractivity contribution is 0.0176. The van der Waals surface area contributed by atoms with E-state index in [1.807, 2.05) is 27.7 Å². The maximum Gasteiger partial charge on any atom is 0.410 e. The van der Waals surface area contributed by atoms with Gasteiger partial charge in [-0.05, 0) is 58.1 Å². The summed E-state index contributed by atoms with van der Waals surface area (Å²) < 4.78 is 24.3. The molecule has 162 valence electrons. The van der Waals surface area contributed by atoms with Gasteiger partial charge in [0.1, 0.15) is 11.4 Å². The van der Waals surface area contributed by atoms with Gasteiger partial charge in [-0.1, -0.05) is 18.5 Å². The highest BCUT2D eigenvalue weighted by molar-refractivity contribution is 6.33. The molecule has 1 heterocycles. The molecule has 1 aliphatic heterocycles. The standard InChI is InChI=1S/C21H30ClFN2O4/c1-6-16(13-7-9-25(10-8-13)20(27)29-21(2,3)4)24-17-12-14(19(26)28-5)11-15(23)18(17)22/h11-13,16,24H,6-10H2,1-5H3/t16-/m0/s1. The Balaban J connectivity index is 2.06. The average molecular weight is 429 g/mol. The molecule has 1 aliphatic rings. The van der Waals surface area contributed by atoms with Crippen LogP contribution in [0.25, 0.3) is 0 Å². The molecule has 1 amide bonds. The van der Waals surface area contributed by atoms with E-state index < -0.39 is 17.4 Å². The molecule has 0 aliphatic carbocycles. The van der Waals surface area contributed by atoms with Crippen LogP contribution in [0.1, 0.15) is 57.3 Å². The van der Waals surface area contributed by atoms with E-state index in [1.165, 1.54) is 13.2 Å². The maximum absolute atomic E-state index is 14.2. The molecule has 0 saturated carbocycles. The van der Waals surface area contributed by atoms with E-state index in [-0.39, 0.29) is 28.6 Å². The van der Waals surface area contributed by atoms with Gasteiger partial charge in [0.2, 0.25) is 0 Å². The molecule has 0 aromatic heterocycles. The van der Waals surface area contributed by atoms with Gasteiger partial charge in [0.15, 0.2) is 0 Å². The Morgan fingerprint density at radius 1 is 1.31 bits per heavy atom. The van der Waals surface area contributed by atoms with Crippen molar-refractivity contribution < 1.29 is 23.5 Å². The van der Waals surface area contributed by atoms with E-state index in [9.17, 15) is 14.0 Å². The van der Waals surface area contributed by atoms with E-state index in [0.717, 1.165) is 25.3 Å². The smallest absolute Gasteiger partial charge is 0.410 e. The van der Waals surface area contributed by atoms with Gasteiger partial charge in [-0.3, -0.25) is 0 Å². The first kappa shape index (κ1) is 23.3. The second-order valence-corrected chi connectivity index (χ2v) is 8.65. The number of carbonyl (C=O) groups is 2. The molecule has 1 N–H and O–H groups in total. The lowest BCUT2D eigenvalue weighted by Crippen LogP contribution is -2.44. The minimum Gasteiger partial charge on any atom is -0.465 e. The van der Waals surface area contributed by atoms with Gasteiger partial charge in [-0.2, -0.15) is 0 Å². The van der Waals surface area contributed by atoms with Crippen LogP contribution >= 0.6 is 11.6 Å². The number of nitrogens with one attached hydrogen (secondary N) is 1. The van der Waals surface area contributed by atoms with Gasteiger partial charge in [-0.25, -0.2) is 14.0 Å². The first-order valence-electron chi connectivity index (χ1n) is 9.87. The van der Waals surface area contributed by atoms with Crippen molar-refractivity contribution in [3.63, 3.8) is 0 Å². The highest BCUT2D eigenvalue weighted by Gasteiger charge is 2.30. The minimum absolute atomic E-state index is 0.0283. The fraction of sp³-hybridized carbons (Fsp3) is 0.619. The van der Waals surface area contributed by atoms with Gasteiger partial charge in [-0.15, -0.1) is 0 Å². The van der Waals surface area contributed by atoms with Crippen LogP contribution in [0.4, 0.5) is 14.9 Å². The van der Waals surface area contributed by atoms with Gasteiger partial charge < -0.3 is 19.7 Å². The number of methoxy groups -OCH3 is 1. The van der Waals surface area contributed by atoms with Crippen LogP contribution in [0.15, 0.2) is 12.1 Å². The molecule has 8 heteroatoms. The number of amides is 1. The van der Waals surface area contributed by atoms with Gasteiger partial charge in [0, 0.05) is 19.1 Å². The van der Waals surface area contributed by atoms with Gasteiger partial charge in [0.25, 0.3) is 0 Å². The second kappa shape index (κ2) is 9.65. The third kappa shape index (κ3) is 6.23. The molecule has 0 bridgehead atoms. The molecule has 0 unspecified atom stereocenters. The largest absolute Gasteiger partial charge is 0.465 e. The Morgan fingerprint density at radius 3 is 2.45 bits per heavy atom. The summed E-state index contributed by atoms with van der Waals surface area (Å²) in [4.78, 5) is 25.7. The number of nitrogens with zero attached hydrogens (tertiary/aromatic N) is 1. The molecule has 2 rings (SSSR count). The molecule has 1 saturated heterocycles. The molecule has 6 nitrogen and oxygen atoms in total. The molecule has 0 spiro atoms. The fourth-order valence-electron chi connectivity index (χ4n) is 3.49. The molecule has 0 radical (unpaired) electrons. The van der Waals surface area contributed by atoms with Crippen LogP contribution < -0.4 is 5.32 Å².